The van der Waals surface area contributed by atoms with Crippen LogP contribution in [0.1, 0.15) is 78.8 Å². The van der Waals surface area contributed by atoms with Crippen LogP contribution in [0.25, 0.3) is 11.1 Å². The Balaban J connectivity index is 1.74. The number of fused-ring (bicyclic) bond motifs is 6. The SMILES string of the molecule is C=C(C)O[C@@H]1Cc2cc3c(c(O)c2-c2c(O)c4c(c(OC)c21)C(=O)c1c(O)cccc1C4=O)C(=O)O[C@H](C)C3. The van der Waals surface area contributed by atoms with Crippen LogP contribution in [0.2, 0.25) is 0 Å². The summed E-state index contributed by atoms with van der Waals surface area (Å²) in [6.45, 7) is 7.22. The monoisotopic (exact) mass is 528 g/mol. The Morgan fingerprint density at radius 3 is 2.31 bits per heavy atom. The Labute approximate surface area is 222 Å². The minimum Gasteiger partial charge on any atom is -0.507 e. The van der Waals surface area contributed by atoms with Gasteiger partial charge in [-0.2, -0.15) is 0 Å². The van der Waals surface area contributed by atoms with E-state index in [9.17, 15) is 29.7 Å². The van der Waals surface area contributed by atoms with E-state index < -0.39 is 35.1 Å². The number of allylic oxidation sites excluding steroid dienone is 1. The lowest BCUT2D eigenvalue weighted by Crippen LogP contribution is -2.27. The van der Waals surface area contributed by atoms with Crippen LogP contribution in [0.3, 0.4) is 0 Å². The fourth-order valence-electron chi connectivity index (χ4n) is 6.02. The molecular formula is C30H24O9. The van der Waals surface area contributed by atoms with Crippen LogP contribution in [0.5, 0.6) is 23.0 Å². The third-order valence-electron chi connectivity index (χ3n) is 7.44. The number of ketones is 2. The van der Waals surface area contributed by atoms with Crippen LogP contribution in [-0.4, -0.2) is 46.1 Å². The maximum Gasteiger partial charge on any atom is 0.342 e. The minimum absolute atomic E-state index is 0.00887. The largest absolute Gasteiger partial charge is 0.507 e. The quantitative estimate of drug-likeness (QED) is 0.259. The third kappa shape index (κ3) is 3.29. The van der Waals surface area contributed by atoms with Crippen molar-refractivity contribution in [3.63, 3.8) is 0 Å². The van der Waals surface area contributed by atoms with Crippen molar-refractivity contribution in [3.8, 4) is 34.1 Å². The summed E-state index contributed by atoms with van der Waals surface area (Å²) in [5.74, 6) is -3.17. The molecule has 0 unspecified atom stereocenters. The van der Waals surface area contributed by atoms with Gasteiger partial charge in [0, 0.05) is 35.1 Å². The number of methoxy groups -OCH3 is 1. The molecule has 6 rings (SSSR count). The third-order valence-corrected chi connectivity index (χ3v) is 7.44. The van der Waals surface area contributed by atoms with E-state index in [1.54, 1.807) is 19.9 Å². The highest BCUT2D eigenvalue weighted by atomic mass is 16.5. The molecule has 0 saturated heterocycles. The molecule has 2 aliphatic carbocycles. The topological polar surface area (TPSA) is 140 Å². The normalized spacial score (nSPS) is 18.7. The highest BCUT2D eigenvalue weighted by Gasteiger charge is 2.45. The number of cyclic esters (lactones) is 1. The molecule has 1 aliphatic heterocycles. The average molecular weight is 529 g/mol. The van der Waals surface area contributed by atoms with Gasteiger partial charge < -0.3 is 29.5 Å². The van der Waals surface area contributed by atoms with Gasteiger partial charge in [-0.15, -0.1) is 0 Å². The number of benzene rings is 3. The van der Waals surface area contributed by atoms with E-state index in [2.05, 4.69) is 6.58 Å². The number of hydrogen-bond donors (Lipinski definition) is 3. The molecule has 9 nitrogen and oxygen atoms in total. The molecule has 0 bridgehead atoms. The second-order valence-electron chi connectivity index (χ2n) is 10.0. The van der Waals surface area contributed by atoms with Crippen molar-refractivity contribution >= 4 is 17.5 Å². The van der Waals surface area contributed by atoms with Crippen molar-refractivity contribution in [2.45, 2.75) is 38.9 Å². The number of aromatic hydroxyl groups is 3. The summed E-state index contributed by atoms with van der Waals surface area (Å²) in [6, 6.07) is 5.87. The van der Waals surface area contributed by atoms with Crippen molar-refractivity contribution in [1.82, 2.24) is 0 Å². The summed E-state index contributed by atoms with van der Waals surface area (Å²) >= 11 is 0. The van der Waals surface area contributed by atoms with E-state index in [0.29, 0.717) is 23.3 Å². The van der Waals surface area contributed by atoms with Crippen LogP contribution in [0.4, 0.5) is 0 Å². The molecule has 3 aliphatic rings. The first kappa shape index (κ1) is 24.5. The number of esters is 1. The average Bonchev–Trinajstić information content (AvgIpc) is 2.86. The second-order valence-corrected chi connectivity index (χ2v) is 10.0. The Morgan fingerprint density at radius 1 is 0.923 bits per heavy atom. The number of carbonyl (C=O) groups excluding carboxylic acids is 3. The molecular weight excluding hydrogens is 504 g/mol. The molecule has 0 amide bonds. The van der Waals surface area contributed by atoms with Gasteiger partial charge in [-0.1, -0.05) is 24.8 Å². The number of phenolic OH excluding ortho intramolecular Hbond substituents is 3. The first-order chi connectivity index (χ1) is 18.5. The van der Waals surface area contributed by atoms with Crippen molar-refractivity contribution in [2.75, 3.05) is 7.11 Å². The van der Waals surface area contributed by atoms with E-state index >= 15 is 0 Å². The molecule has 0 fully saturated rings. The van der Waals surface area contributed by atoms with E-state index in [1.807, 2.05) is 0 Å². The molecule has 3 N–H and O–H groups in total. The van der Waals surface area contributed by atoms with Gasteiger partial charge in [0.05, 0.1) is 29.6 Å². The molecule has 0 saturated carbocycles. The molecule has 9 heteroatoms. The Kier molecular flexibility index (Phi) is 5.26. The number of carbonyl (C=O) groups is 3. The molecule has 3 aromatic rings. The maximum absolute atomic E-state index is 13.7. The Hall–Kier alpha value is -4.79. The highest BCUT2D eigenvalue weighted by molar-refractivity contribution is 6.32. The lowest BCUT2D eigenvalue weighted by atomic mass is 9.74. The van der Waals surface area contributed by atoms with Gasteiger partial charge in [0.25, 0.3) is 0 Å². The zero-order valence-corrected chi connectivity index (χ0v) is 21.4. The predicted octanol–water partition coefficient (Wildman–Crippen LogP) is 4.50. The Bertz CT molecular complexity index is 1680. The van der Waals surface area contributed by atoms with Crippen molar-refractivity contribution in [1.29, 1.82) is 0 Å². The zero-order valence-electron chi connectivity index (χ0n) is 21.4. The molecule has 1 heterocycles. The predicted molar refractivity (Wildman–Crippen MR) is 138 cm³/mol. The molecule has 3 aromatic carbocycles. The summed E-state index contributed by atoms with van der Waals surface area (Å²) in [5.41, 5.74) is 0.637. The molecule has 198 valence electrons. The van der Waals surface area contributed by atoms with Gasteiger partial charge in [-0.3, -0.25) is 9.59 Å². The number of phenols is 3. The summed E-state index contributed by atoms with van der Waals surface area (Å²) < 4.78 is 17.1. The van der Waals surface area contributed by atoms with Crippen molar-refractivity contribution in [2.24, 2.45) is 0 Å². The summed E-state index contributed by atoms with van der Waals surface area (Å²) in [4.78, 5) is 40.2. The smallest absolute Gasteiger partial charge is 0.342 e. The maximum atomic E-state index is 13.7. The van der Waals surface area contributed by atoms with Crippen LogP contribution in [0.15, 0.2) is 36.6 Å². The fourth-order valence-corrected chi connectivity index (χ4v) is 6.02. The molecule has 39 heavy (non-hydrogen) atoms. The molecule has 0 radical (unpaired) electrons. The van der Waals surface area contributed by atoms with Gasteiger partial charge in [0.2, 0.25) is 5.78 Å². The van der Waals surface area contributed by atoms with Crippen LogP contribution in [-0.2, 0) is 22.3 Å². The van der Waals surface area contributed by atoms with E-state index in [4.69, 9.17) is 14.2 Å². The van der Waals surface area contributed by atoms with Gasteiger partial charge in [0.1, 0.15) is 40.8 Å². The van der Waals surface area contributed by atoms with E-state index in [1.165, 1.54) is 25.3 Å². The number of hydrogen-bond acceptors (Lipinski definition) is 9. The van der Waals surface area contributed by atoms with Gasteiger partial charge >= 0.3 is 5.97 Å². The molecule has 2 atom stereocenters. The fraction of sp³-hybridized carbons (Fsp3) is 0.233. The summed E-state index contributed by atoms with van der Waals surface area (Å²) in [6.07, 6.45) is -0.650. The summed E-state index contributed by atoms with van der Waals surface area (Å²) in [7, 11) is 1.31. The van der Waals surface area contributed by atoms with Crippen LogP contribution in [0, 0.1) is 0 Å². The van der Waals surface area contributed by atoms with Gasteiger partial charge in [0.15, 0.2) is 5.78 Å². The summed E-state index contributed by atoms with van der Waals surface area (Å²) in [5, 5.41) is 33.6. The van der Waals surface area contributed by atoms with E-state index in [0.717, 1.165) is 0 Å². The lowest BCUT2D eigenvalue weighted by molar-refractivity contribution is 0.0297. The van der Waals surface area contributed by atoms with Crippen molar-refractivity contribution in [3.05, 3.63) is 81.1 Å². The minimum atomic E-state index is -0.824. The second kappa shape index (κ2) is 8.36. The van der Waals surface area contributed by atoms with Crippen molar-refractivity contribution < 1.29 is 43.9 Å². The molecule has 0 spiro atoms. The van der Waals surface area contributed by atoms with Gasteiger partial charge in [-0.25, -0.2) is 4.79 Å². The first-order valence-corrected chi connectivity index (χ1v) is 12.3. The van der Waals surface area contributed by atoms with Crippen LogP contribution < -0.4 is 4.74 Å². The number of ether oxygens (including phenoxy) is 3. The lowest BCUT2D eigenvalue weighted by Gasteiger charge is -2.35. The van der Waals surface area contributed by atoms with E-state index in [-0.39, 0.29) is 68.5 Å². The molecule has 0 aromatic heterocycles. The highest BCUT2D eigenvalue weighted by Crippen LogP contribution is 2.57. The first-order valence-electron chi connectivity index (χ1n) is 12.3. The van der Waals surface area contributed by atoms with Crippen LogP contribution >= 0.6 is 0 Å². The number of rotatable bonds is 3. The zero-order chi connectivity index (χ0) is 27.9. The Morgan fingerprint density at radius 2 is 1.62 bits per heavy atom. The standard InChI is InChI=1S/C30H24O9/c1-11(2)38-17-10-14-9-13-8-12(3)39-30(36)19(13)26(33)18(14)22-21(17)29(37-4)24-23(28(22)35)25(32)15-6-5-7-16(31)20(15)27(24)34/h5-7,9,12,17,31,33,35H,1,8,10H2,2-4H3/t12-,17-/m1/s1. The van der Waals surface area contributed by atoms with Gasteiger partial charge in [-0.05, 0) is 31.0 Å².